The van der Waals surface area contributed by atoms with Crippen LogP contribution in [0.25, 0.3) is 0 Å². The maximum Gasteiger partial charge on any atom is 0.264 e. The number of nitrogens with one attached hydrogen (secondary N) is 1. The highest BCUT2D eigenvalue weighted by molar-refractivity contribution is 7.99. The minimum Gasteiger partial charge on any atom is -0.493 e. The number of amides is 1. The third kappa shape index (κ3) is 6.89. The van der Waals surface area contributed by atoms with E-state index < -0.39 is 28.3 Å². The molecule has 0 aliphatic carbocycles. The first-order valence-electron chi connectivity index (χ1n) is 10.7. The molecule has 3 aromatic rings. The molecule has 0 fully saturated rings. The number of ether oxygens (including phenoxy) is 2. The quantitative estimate of drug-likeness (QED) is 0.302. The lowest BCUT2D eigenvalue weighted by Gasteiger charge is -2.24. The molecular weight excluding hydrogens is 491 g/mol. The summed E-state index contributed by atoms with van der Waals surface area (Å²) in [5.41, 5.74) is 1.32. The zero-order valence-electron chi connectivity index (χ0n) is 19.7. The van der Waals surface area contributed by atoms with Gasteiger partial charge in [-0.25, -0.2) is 12.8 Å². The Morgan fingerprint density at radius 1 is 0.971 bits per heavy atom. The van der Waals surface area contributed by atoms with Crippen LogP contribution in [0.3, 0.4) is 0 Å². The molecule has 1 amide bonds. The molecule has 1 N–H and O–H groups in total. The molecule has 3 aromatic carbocycles. The molecule has 0 aromatic heterocycles. The van der Waals surface area contributed by atoms with E-state index in [1.165, 1.54) is 50.1 Å². The number of carbonyl (C=O) groups is 1. The number of thioether (sulfide) groups is 1. The fraction of sp³-hybridized carbons (Fsp3) is 0.240. The van der Waals surface area contributed by atoms with Gasteiger partial charge in [0.2, 0.25) is 5.91 Å². The number of rotatable bonds is 11. The van der Waals surface area contributed by atoms with Gasteiger partial charge < -0.3 is 14.8 Å². The second-order valence-corrected chi connectivity index (χ2v) is 10.5. The Balaban J connectivity index is 1.76. The fourth-order valence-electron chi connectivity index (χ4n) is 3.21. The van der Waals surface area contributed by atoms with Crippen LogP contribution in [0.1, 0.15) is 5.56 Å². The average molecular weight is 519 g/mol. The fourth-order valence-corrected chi connectivity index (χ4v) is 5.41. The van der Waals surface area contributed by atoms with Gasteiger partial charge in [-0.15, -0.1) is 11.8 Å². The number of halogens is 1. The molecule has 0 bridgehead atoms. The molecule has 0 saturated heterocycles. The highest BCUT2D eigenvalue weighted by atomic mass is 32.2. The van der Waals surface area contributed by atoms with Crippen LogP contribution in [0.5, 0.6) is 11.5 Å². The molecule has 10 heteroatoms. The molecule has 0 radical (unpaired) electrons. The van der Waals surface area contributed by atoms with E-state index in [9.17, 15) is 17.6 Å². The van der Waals surface area contributed by atoms with Crippen LogP contribution < -0.4 is 19.1 Å². The maximum atomic E-state index is 13.5. The largest absolute Gasteiger partial charge is 0.493 e. The number of nitrogens with zero attached hydrogens (tertiary/aromatic N) is 1. The van der Waals surface area contributed by atoms with Gasteiger partial charge in [0.25, 0.3) is 10.0 Å². The number of sulfonamides is 1. The summed E-state index contributed by atoms with van der Waals surface area (Å²) in [5, 5.41) is 2.76. The molecule has 7 nitrogen and oxygen atoms in total. The van der Waals surface area contributed by atoms with E-state index in [1.807, 2.05) is 31.2 Å². The van der Waals surface area contributed by atoms with Crippen molar-refractivity contribution in [2.75, 3.05) is 37.4 Å². The normalized spacial score (nSPS) is 11.1. The average Bonchev–Trinajstić information content (AvgIpc) is 2.86. The third-order valence-corrected chi connectivity index (χ3v) is 7.84. The van der Waals surface area contributed by atoms with Gasteiger partial charge in [-0.05, 0) is 55.5 Å². The van der Waals surface area contributed by atoms with Crippen molar-refractivity contribution in [1.29, 1.82) is 0 Å². The number of benzene rings is 3. The van der Waals surface area contributed by atoms with E-state index in [0.717, 1.165) is 21.3 Å². The number of hydrogen-bond acceptors (Lipinski definition) is 6. The lowest BCUT2D eigenvalue weighted by atomic mass is 10.2. The lowest BCUT2D eigenvalue weighted by Crippen LogP contribution is -2.41. The first kappa shape index (κ1) is 26.4. The SMILES string of the molecule is COc1ccc(S(=O)(=O)N(CC(=O)NCCSc2ccc(C)cc2)c2ccc(F)cc2)cc1OC. The van der Waals surface area contributed by atoms with Crippen molar-refractivity contribution in [1.82, 2.24) is 5.32 Å². The van der Waals surface area contributed by atoms with Crippen LogP contribution in [0.2, 0.25) is 0 Å². The molecule has 0 atom stereocenters. The Morgan fingerprint density at radius 3 is 2.26 bits per heavy atom. The minimum atomic E-state index is -4.19. The van der Waals surface area contributed by atoms with Gasteiger partial charge in [0.05, 0.1) is 24.8 Å². The van der Waals surface area contributed by atoms with E-state index in [-0.39, 0.29) is 16.3 Å². The second kappa shape index (κ2) is 11.9. The first-order valence-corrected chi connectivity index (χ1v) is 13.1. The van der Waals surface area contributed by atoms with E-state index >= 15 is 0 Å². The molecule has 0 heterocycles. The van der Waals surface area contributed by atoms with Crippen LogP contribution >= 0.6 is 11.8 Å². The molecule has 0 spiro atoms. The highest BCUT2D eigenvalue weighted by Gasteiger charge is 2.28. The van der Waals surface area contributed by atoms with E-state index in [2.05, 4.69) is 5.32 Å². The van der Waals surface area contributed by atoms with Gasteiger partial charge in [0.1, 0.15) is 12.4 Å². The standard InChI is InChI=1S/C25H27FN2O5S2/c1-18-4-10-21(11-5-18)34-15-14-27-25(29)17-28(20-8-6-19(26)7-9-20)35(30,31)22-12-13-23(32-2)24(16-22)33-3/h4-13,16H,14-15,17H2,1-3H3,(H,27,29). The number of aryl methyl sites for hydroxylation is 1. The van der Waals surface area contributed by atoms with Crippen molar-refractivity contribution in [3.8, 4) is 11.5 Å². The van der Waals surface area contributed by atoms with Crippen molar-refractivity contribution >= 4 is 33.4 Å². The van der Waals surface area contributed by atoms with Crippen molar-refractivity contribution in [3.63, 3.8) is 0 Å². The third-order valence-electron chi connectivity index (χ3n) is 5.06. The zero-order chi connectivity index (χ0) is 25.4. The smallest absolute Gasteiger partial charge is 0.264 e. The molecule has 35 heavy (non-hydrogen) atoms. The number of methoxy groups -OCH3 is 2. The summed E-state index contributed by atoms with van der Waals surface area (Å²) in [6.45, 7) is 1.89. The summed E-state index contributed by atoms with van der Waals surface area (Å²) in [7, 11) is -1.35. The molecule has 0 saturated carbocycles. The Labute approximate surface area is 209 Å². The monoisotopic (exact) mass is 518 g/mol. The van der Waals surface area contributed by atoms with Gasteiger partial charge in [-0.3, -0.25) is 9.10 Å². The van der Waals surface area contributed by atoms with Gasteiger partial charge >= 0.3 is 0 Å². The van der Waals surface area contributed by atoms with Gasteiger partial charge in [-0.2, -0.15) is 0 Å². The van der Waals surface area contributed by atoms with Crippen molar-refractivity contribution in [2.24, 2.45) is 0 Å². The summed E-state index contributed by atoms with van der Waals surface area (Å²) < 4.78 is 51.9. The summed E-state index contributed by atoms with van der Waals surface area (Å²) in [5.74, 6) is 0.208. The van der Waals surface area contributed by atoms with Crippen molar-refractivity contribution < 1.29 is 27.1 Å². The van der Waals surface area contributed by atoms with E-state index in [0.29, 0.717) is 18.0 Å². The number of hydrogen-bond donors (Lipinski definition) is 1. The lowest BCUT2D eigenvalue weighted by molar-refractivity contribution is -0.119. The Hall–Kier alpha value is -3.24. The van der Waals surface area contributed by atoms with E-state index in [4.69, 9.17) is 9.47 Å². The molecule has 0 unspecified atom stereocenters. The summed E-state index contributed by atoms with van der Waals surface area (Å²) >= 11 is 1.58. The van der Waals surface area contributed by atoms with Crippen molar-refractivity contribution in [2.45, 2.75) is 16.7 Å². The Bertz CT molecular complexity index is 1250. The van der Waals surface area contributed by atoms with Crippen LogP contribution in [-0.4, -0.2) is 47.4 Å². The summed E-state index contributed by atoms with van der Waals surface area (Å²) in [6.07, 6.45) is 0. The Morgan fingerprint density at radius 2 is 1.63 bits per heavy atom. The minimum absolute atomic E-state index is 0.0952. The molecule has 0 aliphatic rings. The molecule has 0 aliphatic heterocycles. The van der Waals surface area contributed by atoms with Crippen LogP contribution in [-0.2, 0) is 14.8 Å². The van der Waals surface area contributed by atoms with Gasteiger partial charge in [-0.1, -0.05) is 17.7 Å². The van der Waals surface area contributed by atoms with Gasteiger partial charge in [0.15, 0.2) is 11.5 Å². The molecule has 186 valence electrons. The highest BCUT2D eigenvalue weighted by Crippen LogP contribution is 2.32. The predicted molar refractivity (Wildman–Crippen MR) is 135 cm³/mol. The predicted octanol–water partition coefficient (Wildman–Crippen LogP) is 4.26. The number of carbonyl (C=O) groups excluding carboxylic acids is 1. The second-order valence-electron chi connectivity index (χ2n) is 7.52. The first-order chi connectivity index (χ1) is 16.7. The summed E-state index contributed by atoms with van der Waals surface area (Å²) in [4.78, 5) is 13.7. The Kier molecular flexibility index (Phi) is 9.00. The zero-order valence-corrected chi connectivity index (χ0v) is 21.3. The number of anilines is 1. The van der Waals surface area contributed by atoms with Crippen LogP contribution in [0.15, 0.2) is 76.5 Å². The van der Waals surface area contributed by atoms with Crippen LogP contribution in [0, 0.1) is 12.7 Å². The van der Waals surface area contributed by atoms with E-state index in [1.54, 1.807) is 11.8 Å². The van der Waals surface area contributed by atoms with Crippen molar-refractivity contribution in [3.05, 3.63) is 78.1 Å². The molecular formula is C25H27FN2O5S2. The topological polar surface area (TPSA) is 84.9 Å². The summed E-state index contributed by atoms with van der Waals surface area (Å²) in [6, 6.07) is 17.1. The molecule has 3 rings (SSSR count). The van der Waals surface area contributed by atoms with Gasteiger partial charge in [0, 0.05) is 23.3 Å². The van der Waals surface area contributed by atoms with Crippen LogP contribution in [0.4, 0.5) is 10.1 Å². The maximum absolute atomic E-state index is 13.5.